The third-order valence-electron chi connectivity index (χ3n) is 1.58. The molecule has 0 amide bonds. The number of hydrogen-bond donors (Lipinski definition) is 0. The fourth-order valence-electron chi connectivity index (χ4n) is 0.992. The van der Waals surface area contributed by atoms with E-state index in [1.165, 1.54) is 0 Å². The van der Waals surface area contributed by atoms with Gasteiger partial charge in [-0.05, 0) is 0 Å². The molecule has 9 heteroatoms. The maximum Gasteiger partial charge on any atom is 0.574 e. The van der Waals surface area contributed by atoms with Crippen LogP contribution < -0.4 is 4.74 Å². The first-order valence-corrected chi connectivity index (χ1v) is 3.88. The Morgan fingerprint density at radius 2 is 1.94 bits per heavy atom. The minimum atomic E-state index is -5.26. The monoisotopic (exact) mass is 256 g/mol. The van der Waals surface area contributed by atoms with Gasteiger partial charge in [-0.1, -0.05) is 0 Å². The zero-order valence-electron chi connectivity index (χ0n) is 7.73. The summed E-state index contributed by atoms with van der Waals surface area (Å²) in [7, 11) is 0. The first-order chi connectivity index (χ1) is 7.76. The van der Waals surface area contributed by atoms with E-state index in [2.05, 4.69) is 9.72 Å². The van der Waals surface area contributed by atoms with E-state index in [4.69, 9.17) is 5.26 Å². The molecule has 1 aromatic rings. The van der Waals surface area contributed by atoms with Gasteiger partial charge in [0.25, 0.3) is 6.43 Å². The van der Waals surface area contributed by atoms with Gasteiger partial charge in [0.05, 0.1) is 6.20 Å². The van der Waals surface area contributed by atoms with Crippen molar-refractivity contribution in [2.75, 3.05) is 0 Å². The number of aromatic nitrogens is 1. The highest BCUT2D eigenvalue weighted by atomic mass is 19.4. The van der Waals surface area contributed by atoms with E-state index in [-0.39, 0.29) is 6.20 Å². The standard InChI is InChI=1S/C8H2F6N2O/c9-4-2-16-7(17-8(12,13)14)5(6(10)11)3(4)1-15/h2,6H. The molecule has 0 bridgehead atoms. The lowest BCUT2D eigenvalue weighted by Gasteiger charge is -2.12. The van der Waals surface area contributed by atoms with Crippen molar-refractivity contribution in [1.29, 1.82) is 5.26 Å². The summed E-state index contributed by atoms with van der Waals surface area (Å²) in [5.41, 5.74) is -2.75. The molecule has 0 spiro atoms. The third kappa shape index (κ3) is 2.99. The van der Waals surface area contributed by atoms with Gasteiger partial charge in [0, 0.05) is 0 Å². The van der Waals surface area contributed by atoms with Crippen molar-refractivity contribution in [3.63, 3.8) is 0 Å². The van der Waals surface area contributed by atoms with E-state index in [0.29, 0.717) is 0 Å². The number of rotatable bonds is 2. The van der Waals surface area contributed by atoms with Crippen molar-refractivity contribution in [1.82, 2.24) is 4.98 Å². The first-order valence-electron chi connectivity index (χ1n) is 3.88. The minimum Gasteiger partial charge on any atom is -0.387 e. The summed E-state index contributed by atoms with van der Waals surface area (Å²) in [6.45, 7) is 0. The maximum absolute atomic E-state index is 12.9. The van der Waals surface area contributed by atoms with E-state index >= 15 is 0 Å². The van der Waals surface area contributed by atoms with Crippen molar-refractivity contribution in [2.45, 2.75) is 12.8 Å². The fourth-order valence-corrected chi connectivity index (χ4v) is 0.992. The highest BCUT2D eigenvalue weighted by Gasteiger charge is 2.35. The van der Waals surface area contributed by atoms with Crippen molar-refractivity contribution in [3.8, 4) is 11.9 Å². The molecule has 0 atom stereocenters. The summed E-state index contributed by atoms with van der Waals surface area (Å²) in [4.78, 5) is 2.75. The molecule has 0 aromatic carbocycles. The Balaban J connectivity index is 3.37. The van der Waals surface area contributed by atoms with Gasteiger partial charge in [0.15, 0.2) is 5.82 Å². The SMILES string of the molecule is N#Cc1c(F)cnc(OC(F)(F)F)c1C(F)F. The largest absolute Gasteiger partial charge is 0.574 e. The van der Waals surface area contributed by atoms with Crippen molar-refractivity contribution in [2.24, 2.45) is 0 Å². The summed E-state index contributed by atoms with van der Waals surface area (Å²) in [6.07, 6.45) is -8.59. The molecule has 0 aliphatic rings. The Labute approximate surface area is 90.2 Å². The molecular weight excluding hydrogens is 254 g/mol. The van der Waals surface area contributed by atoms with Crippen LogP contribution in [0.2, 0.25) is 0 Å². The Hall–Kier alpha value is -1.98. The van der Waals surface area contributed by atoms with Crippen molar-refractivity contribution < 1.29 is 31.1 Å². The number of halogens is 6. The second-order valence-electron chi connectivity index (χ2n) is 2.66. The molecule has 0 saturated carbocycles. The fraction of sp³-hybridized carbons (Fsp3) is 0.250. The van der Waals surface area contributed by atoms with Gasteiger partial charge >= 0.3 is 6.36 Å². The molecule has 0 N–H and O–H groups in total. The lowest BCUT2D eigenvalue weighted by Crippen LogP contribution is -2.19. The molecule has 1 aromatic heterocycles. The van der Waals surface area contributed by atoms with Crippen LogP contribution in [-0.4, -0.2) is 11.3 Å². The highest BCUT2D eigenvalue weighted by Crippen LogP contribution is 2.34. The van der Waals surface area contributed by atoms with Gasteiger partial charge in [0.2, 0.25) is 5.88 Å². The Kier molecular flexibility index (Phi) is 3.45. The quantitative estimate of drug-likeness (QED) is 0.764. The number of alkyl halides is 5. The zero-order valence-corrected chi connectivity index (χ0v) is 7.73. The van der Waals surface area contributed by atoms with Crippen LogP contribution in [0.3, 0.4) is 0 Å². The van der Waals surface area contributed by atoms with Crippen LogP contribution in [0.5, 0.6) is 5.88 Å². The van der Waals surface area contributed by atoms with E-state index in [1.54, 1.807) is 0 Å². The van der Waals surface area contributed by atoms with E-state index < -0.39 is 35.6 Å². The van der Waals surface area contributed by atoms with Gasteiger partial charge in [-0.25, -0.2) is 18.2 Å². The molecule has 1 rings (SSSR count). The normalized spacial score (nSPS) is 11.4. The highest BCUT2D eigenvalue weighted by molar-refractivity contribution is 5.44. The summed E-state index contributed by atoms with van der Waals surface area (Å²) >= 11 is 0. The number of ether oxygens (including phenoxy) is 1. The predicted octanol–water partition coefficient (Wildman–Crippen LogP) is 2.93. The zero-order chi connectivity index (χ0) is 13.2. The Bertz CT molecular complexity index is 464. The number of nitriles is 1. The van der Waals surface area contributed by atoms with Crippen LogP contribution in [0.15, 0.2) is 6.20 Å². The van der Waals surface area contributed by atoms with Crippen LogP contribution in [0.4, 0.5) is 26.3 Å². The first kappa shape index (κ1) is 13.1. The molecule has 0 fully saturated rings. The van der Waals surface area contributed by atoms with Crippen molar-refractivity contribution in [3.05, 3.63) is 23.1 Å². The smallest absolute Gasteiger partial charge is 0.387 e. The second kappa shape index (κ2) is 4.48. The predicted molar refractivity (Wildman–Crippen MR) is 40.5 cm³/mol. The van der Waals surface area contributed by atoms with Crippen molar-refractivity contribution >= 4 is 0 Å². The molecule has 17 heavy (non-hydrogen) atoms. The van der Waals surface area contributed by atoms with E-state index in [9.17, 15) is 26.3 Å². The summed E-state index contributed by atoms with van der Waals surface area (Å²) in [5.74, 6) is -2.98. The van der Waals surface area contributed by atoms with Crippen LogP contribution >= 0.6 is 0 Å². The number of nitrogens with zero attached hydrogens (tertiary/aromatic N) is 2. The van der Waals surface area contributed by atoms with E-state index in [0.717, 1.165) is 6.07 Å². The lowest BCUT2D eigenvalue weighted by atomic mass is 10.1. The molecule has 0 saturated heterocycles. The summed E-state index contributed by atoms with van der Waals surface area (Å²) in [5, 5.41) is 8.38. The van der Waals surface area contributed by atoms with Crippen LogP contribution in [-0.2, 0) is 0 Å². The third-order valence-corrected chi connectivity index (χ3v) is 1.58. The molecule has 1 heterocycles. The van der Waals surface area contributed by atoms with Gasteiger partial charge in [0.1, 0.15) is 17.2 Å². The summed E-state index contributed by atoms with van der Waals surface area (Å²) in [6, 6.07) is 1.03. The molecule has 0 aliphatic heterocycles. The maximum atomic E-state index is 12.9. The average Bonchev–Trinajstić information content (AvgIpc) is 2.17. The Morgan fingerprint density at radius 3 is 2.35 bits per heavy atom. The average molecular weight is 256 g/mol. The Morgan fingerprint density at radius 1 is 1.35 bits per heavy atom. The molecular formula is C8H2F6N2O. The topological polar surface area (TPSA) is 45.9 Å². The molecule has 0 radical (unpaired) electrons. The van der Waals surface area contributed by atoms with Gasteiger partial charge in [-0.15, -0.1) is 13.2 Å². The molecule has 92 valence electrons. The van der Waals surface area contributed by atoms with E-state index in [1.807, 2.05) is 0 Å². The lowest BCUT2D eigenvalue weighted by molar-refractivity contribution is -0.276. The van der Waals surface area contributed by atoms with Crippen LogP contribution in [0, 0.1) is 17.1 Å². The second-order valence-corrected chi connectivity index (χ2v) is 2.66. The van der Waals surface area contributed by atoms with Crippen LogP contribution in [0.1, 0.15) is 17.6 Å². The number of hydrogen-bond acceptors (Lipinski definition) is 3. The minimum absolute atomic E-state index is 0.200. The summed E-state index contributed by atoms with van der Waals surface area (Å²) < 4.78 is 76.4. The van der Waals surface area contributed by atoms with Gasteiger partial charge < -0.3 is 4.74 Å². The van der Waals surface area contributed by atoms with Crippen LogP contribution in [0.25, 0.3) is 0 Å². The molecule has 0 unspecified atom stereocenters. The van der Waals surface area contributed by atoms with Gasteiger partial charge in [-0.2, -0.15) is 5.26 Å². The van der Waals surface area contributed by atoms with Gasteiger partial charge in [-0.3, -0.25) is 0 Å². The molecule has 3 nitrogen and oxygen atoms in total. The molecule has 0 aliphatic carbocycles. The number of pyridine rings is 1.